The second-order valence-electron chi connectivity index (χ2n) is 6.56. The van der Waals surface area contributed by atoms with Gasteiger partial charge in [0, 0.05) is 22.0 Å². The molecule has 0 aliphatic heterocycles. The van der Waals surface area contributed by atoms with Crippen LogP contribution in [0.2, 0.25) is 0 Å². The van der Waals surface area contributed by atoms with Crippen molar-refractivity contribution in [2.45, 2.75) is 0 Å². The first-order valence-corrected chi connectivity index (χ1v) is 9.25. The number of H-pyrrole nitrogens is 1. The Hall–Kier alpha value is -3.92. The van der Waals surface area contributed by atoms with Crippen molar-refractivity contribution in [3.63, 3.8) is 0 Å². The number of aromatic nitrogens is 1. The molecule has 0 unspecified atom stereocenters. The molecular weight excluding hydrogens is 362 g/mol. The first kappa shape index (κ1) is 18.4. The van der Waals surface area contributed by atoms with Gasteiger partial charge < -0.3 is 9.72 Å². The van der Waals surface area contributed by atoms with Crippen LogP contribution < -0.4 is 10.3 Å². The van der Waals surface area contributed by atoms with Gasteiger partial charge in [-0.3, -0.25) is 9.59 Å². The molecule has 0 atom stereocenters. The molecule has 0 amide bonds. The van der Waals surface area contributed by atoms with E-state index in [4.69, 9.17) is 4.74 Å². The van der Waals surface area contributed by atoms with E-state index in [1.54, 1.807) is 13.2 Å². The Morgan fingerprint density at radius 2 is 1.59 bits per heavy atom. The maximum Gasteiger partial charge on any atom is 0.260 e. The van der Waals surface area contributed by atoms with E-state index < -0.39 is 5.56 Å². The fourth-order valence-corrected chi connectivity index (χ4v) is 3.44. The lowest BCUT2D eigenvalue weighted by atomic mass is 9.94. The number of pyridine rings is 1. The molecular formula is C25H19NO3. The molecule has 0 aliphatic carbocycles. The molecule has 0 radical (unpaired) electrons. The number of ether oxygens (including phenoxy) is 1. The van der Waals surface area contributed by atoms with E-state index >= 15 is 0 Å². The summed E-state index contributed by atoms with van der Waals surface area (Å²) in [6, 6.07) is 24.4. The van der Waals surface area contributed by atoms with Crippen LogP contribution in [0.25, 0.3) is 28.1 Å². The minimum Gasteiger partial charge on any atom is -0.496 e. The second kappa shape index (κ2) is 7.98. The van der Waals surface area contributed by atoms with Gasteiger partial charge in [0.1, 0.15) is 5.75 Å². The topological polar surface area (TPSA) is 59.2 Å². The molecule has 0 aliphatic rings. The molecule has 29 heavy (non-hydrogen) atoms. The standard InChI is InChI=1S/C25H19NO3/c1-29-22-14-8-5-9-17(22)15-16-21(27)24-23(18-10-3-2-4-11-18)19-12-6-7-13-20(19)26-25(24)28/h2-16H,1H3,(H,26,28)/b16-15+. The highest BCUT2D eigenvalue weighted by atomic mass is 16.5. The normalized spacial score (nSPS) is 11.1. The molecule has 0 bridgehead atoms. The van der Waals surface area contributed by atoms with E-state index in [0.717, 1.165) is 16.5 Å². The number of carbonyl (C=O) groups excluding carboxylic acids is 1. The number of methoxy groups -OCH3 is 1. The van der Waals surface area contributed by atoms with Crippen molar-refractivity contribution in [3.8, 4) is 16.9 Å². The Morgan fingerprint density at radius 3 is 2.38 bits per heavy atom. The molecule has 0 saturated heterocycles. The second-order valence-corrected chi connectivity index (χ2v) is 6.56. The highest BCUT2D eigenvalue weighted by molar-refractivity contribution is 6.15. The van der Waals surface area contributed by atoms with Gasteiger partial charge in [-0.1, -0.05) is 66.7 Å². The number of rotatable bonds is 5. The number of benzene rings is 3. The Kier molecular flexibility index (Phi) is 5.08. The number of fused-ring (bicyclic) bond motifs is 1. The van der Waals surface area contributed by atoms with Gasteiger partial charge in [0.15, 0.2) is 5.78 Å². The smallest absolute Gasteiger partial charge is 0.260 e. The summed E-state index contributed by atoms with van der Waals surface area (Å²) in [6.45, 7) is 0. The summed E-state index contributed by atoms with van der Waals surface area (Å²) >= 11 is 0. The molecule has 0 saturated carbocycles. The number of carbonyl (C=O) groups is 1. The minimum absolute atomic E-state index is 0.126. The third-order valence-electron chi connectivity index (χ3n) is 4.78. The average Bonchev–Trinajstić information content (AvgIpc) is 2.77. The molecule has 4 heteroatoms. The summed E-state index contributed by atoms with van der Waals surface area (Å²) in [7, 11) is 1.58. The summed E-state index contributed by atoms with van der Waals surface area (Å²) in [5, 5.41) is 0.826. The number of nitrogens with one attached hydrogen (secondary N) is 1. The number of aromatic amines is 1. The van der Waals surface area contributed by atoms with E-state index in [9.17, 15) is 9.59 Å². The Bertz CT molecular complexity index is 1270. The lowest BCUT2D eigenvalue weighted by Gasteiger charge is -2.11. The number of ketones is 1. The van der Waals surface area contributed by atoms with E-state index in [2.05, 4.69) is 4.98 Å². The van der Waals surface area contributed by atoms with E-state index in [0.29, 0.717) is 16.8 Å². The molecule has 4 rings (SSSR count). The molecule has 1 N–H and O–H groups in total. The highest BCUT2D eigenvalue weighted by Gasteiger charge is 2.19. The largest absolute Gasteiger partial charge is 0.496 e. The van der Waals surface area contributed by atoms with Crippen LogP contribution in [0.15, 0.2) is 89.7 Å². The molecule has 1 aromatic heterocycles. The molecule has 4 aromatic rings. The number of para-hydroxylation sites is 2. The van der Waals surface area contributed by atoms with Gasteiger partial charge in [-0.15, -0.1) is 0 Å². The van der Waals surface area contributed by atoms with Crippen LogP contribution >= 0.6 is 0 Å². The van der Waals surface area contributed by atoms with Gasteiger partial charge >= 0.3 is 0 Å². The SMILES string of the molecule is COc1ccccc1/C=C/C(=O)c1c(-c2ccccc2)c2ccccc2[nH]c1=O. The van der Waals surface area contributed by atoms with Crippen LogP contribution in [-0.2, 0) is 0 Å². The van der Waals surface area contributed by atoms with Crippen LogP contribution in [0.5, 0.6) is 5.75 Å². The van der Waals surface area contributed by atoms with Crippen molar-refractivity contribution in [2.75, 3.05) is 7.11 Å². The summed E-state index contributed by atoms with van der Waals surface area (Å²) < 4.78 is 5.33. The van der Waals surface area contributed by atoms with Crippen molar-refractivity contribution in [1.82, 2.24) is 4.98 Å². The fourth-order valence-electron chi connectivity index (χ4n) is 3.44. The zero-order valence-corrected chi connectivity index (χ0v) is 15.9. The van der Waals surface area contributed by atoms with Crippen LogP contribution in [-0.4, -0.2) is 17.9 Å². The lowest BCUT2D eigenvalue weighted by Crippen LogP contribution is -2.18. The first-order valence-electron chi connectivity index (χ1n) is 9.25. The number of allylic oxidation sites excluding steroid dienone is 1. The van der Waals surface area contributed by atoms with E-state index in [1.807, 2.05) is 78.9 Å². The van der Waals surface area contributed by atoms with E-state index in [-0.39, 0.29) is 11.3 Å². The van der Waals surface area contributed by atoms with Gasteiger partial charge in [-0.05, 0) is 29.8 Å². The minimum atomic E-state index is -0.405. The molecule has 1 heterocycles. The van der Waals surface area contributed by atoms with Gasteiger partial charge in [-0.2, -0.15) is 0 Å². The van der Waals surface area contributed by atoms with Crippen LogP contribution in [0.3, 0.4) is 0 Å². The Morgan fingerprint density at radius 1 is 0.897 bits per heavy atom. The first-order chi connectivity index (χ1) is 14.2. The van der Waals surface area contributed by atoms with Crippen LogP contribution in [0, 0.1) is 0 Å². The van der Waals surface area contributed by atoms with Crippen LogP contribution in [0.4, 0.5) is 0 Å². The maximum atomic E-state index is 13.1. The Balaban J connectivity index is 1.89. The third kappa shape index (κ3) is 3.60. The summed E-state index contributed by atoms with van der Waals surface area (Å²) in [5.41, 5.74) is 2.64. The monoisotopic (exact) mass is 381 g/mol. The van der Waals surface area contributed by atoms with Gasteiger partial charge in [0.05, 0.1) is 12.7 Å². The third-order valence-corrected chi connectivity index (χ3v) is 4.78. The predicted octanol–water partition coefficient (Wildman–Crippen LogP) is 5.10. The maximum absolute atomic E-state index is 13.1. The summed E-state index contributed by atoms with van der Waals surface area (Å²) in [6.07, 6.45) is 3.09. The van der Waals surface area contributed by atoms with Gasteiger partial charge in [-0.25, -0.2) is 0 Å². The summed E-state index contributed by atoms with van der Waals surface area (Å²) in [4.78, 5) is 28.8. The zero-order chi connectivity index (χ0) is 20.2. The molecule has 142 valence electrons. The van der Waals surface area contributed by atoms with Crippen molar-refractivity contribution in [2.24, 2.45) is 0 Å². The zero-order valence-electron chi connectivity index (χ0n) is 15.9. The number of hydrogen-bond donors (Lipinski definition) is 1. The molecule has 4 nitrogen and oxygen atoms in total. The predicted molar refractivity (Wildman–Crippen MR) is 116 cm³/mol. The van der Waals surface area contributed by atoms with Crippen molar-refractivity contribution in [1.29, 1.82) is 0 Å². The average molecular weight is 381 g/mol. The van der Waals surface area contributed by atoms with Gasteiger partial charge in [0.25, 0.3) is 5.56 Å². The highest BCUT2D eigenvalue weighted by Crippen LogP contribution is 2.30. The summed E-state index contributed by atoms with van der Waals surface area (Å²) in [5.74, 6) is 0.300. The molecule has 0 fully saturated rings. The molecule has 0 spiro atoms. The van der Waals surface area contributed by atoms with Crippen molar-refractivity contribution >= 4 is 22.8 Å². The quantitative estimate of drug-likeness (QED) is 0.386. The lowest BCUT2D eigenvalue weighted by molar-refractivity contribution is 0.104. The van der Waals surface area contributed by atoms with Crippen molar-refractivity contribution < 1.29 is 9.53 Å². The van der Waals surface area contributed by atoms with Crippen molar-refractivity contribution in [3.05, 3.63) is 106 Å². The fraction of sp³-hybridized carbons (Fsp3) is 0.0400. The molecule has 3 aromatic carbocycles. The van der Waals surface area contributed by atoms with Gasteiger partial charge in [0.2, 0.25) is 0 Å². The number of hydrogen-bond acceptors (Lipinski definition) is 3. The van der Waals surface area contributed by atoms with Crippen LogP contribution in [0.1, 0.15) is 15.9 Å². The Labute approximate surface area is 168 Å². The van der Waals surface area contributed by atoms with E-state index in [1.165, 1.54) is 6.08 Å².